The molecule has 0 aliphatic carbocycles. The Morgan fingerprint density at radius 1 is 1.20 bits per heavy atom. The molecule has 0 aliphatic heterocycles. The molecule has 0 aliphatic rings. The molecule has 20 heavy (non-hydrogen) atoms. The monoisotopic (exact) mass is 272 g/mol. The highest BCUT2D eigenvalue weighted by molar-refractivity contribution is 5.31. The molecule has 2 unspecified atom stereocenters. The first-order valence-electron chi connectivity index (χ1n) is 7.03. The third-order valence-electron chi connectivity index (χ3n) is 3.71. The summed E-state index contributed by atoms with van der Waals surface area (Å²) >= 11 is 0. The molecule has 3 heteroatoms. The number of benzene rings is 1. The Hall–Kier alpha value is -1.74. The van der Waals surface area contributed by atoms with Crippen LogP contribution < -0.4 is 5.32 Å². The minimum absolute atomic E-state index is 0.0395. The van der Waals surface area contributed by atoms with Crippen molar-refractivity contribution in [1.82, 2.24) is 10.3 Å². The number of nitrogens with one attached hydrogen (secondary N) is 1. The summed E-state index contributed by atoms with van der Waals surface area (Å²) in [6, 6.07) is 9.53. The molecule has 1 heterocycles. The van der Waals surface area contributed by atoms with E-state index in [0.717, 1.165) is 17.7 Å². The first kappa shape index (κ1) is 14.7. The molecule has 0 fully saturated rings. The van der Waals surface area contributed by atoms with E-state index in [0.29, 0.717) is 5.56 Å². The van der Waals surface area contributed by atoms with Crippen LogP contribution in [0.5, 0.6) is 0 Å². The molecule has 2 atom stereocenters. The zero-order valence-electron chi connectivity index (χ0n) is 12.2. The highest BCUT2D eigenvalue weighted by Gasteiger charge is 2.23. The topological polar surface area (TPSA) is 24.9 Å². The quantitative estimate of drug-likeness (QED) is 0.890. The number of rotatable bonds is 5. The number of nitrogens with zero attached hydrogens (tertiary/aromatic N) is 1. The molecule has 0 saturated heterocycles. The van der Waals surface area contributed by atoms with Gasteiger partial charge in [0.2, 0.25) is 0 Å². The van der Waals surface area contributed by atoms with Gasteiger partial charge in [0.05, 0.1) is 0 Å². The molecule has 0 saturated carbocycles. The fraction of sp³-hybridized carbons (Fsp3) is 0.353. The van der Waals surface area contributed by atoms with Gasteiger partial charge >= 0.3 is 0 Å². The predicted octanol–water partition coefficient (Wildman–Crippen LogP) is 3.98. The van der Waals surface area contributed by atoms with Gasteiger partial charge in [0.15, 0.2) is 0 Å². The molecule has 1 N–H and O–H groups in total. The molecule has 0 spiro atoms. The third-order valence-corrected chi connectivity index (χ3v) is 3.71. The molecule has 106 valence electrons. The van der Waals surface area contributed by atoms with Crippen molar-refractivity contribution in [3.05, 3.63) is 65.2 Å². The first-order valence-corrected chi connectivity index (χ1v) is 7.03. The SMILES string of the molecule is CCNC(c1cccc(C)c1F)C(C)c1ccncc1. The van der Waals surface area contributed by atoms with Crippen LogP contribution in [0, 0.1) is 12.7 Å². The van der Waals surface area contributed by atoms with Crippen LogP contribution in [0.25, 0.3) is 0 Å². The lowest BCUT2D eigenvalue weighted by Gasteiger charge is -2.26. The molecular formula is C17H21FN2. The van der Waals surface area contributed by atoms with Crippen LogP contribution >= 0.6 is 0 Å². The normalized spacial score (nSPS) is 14.0. The zero-order chi connectivity index (χ0) is 14.5. The third kappa shape index (κ3) is 3.05. The first-order chi connectivity index (χ1) is 9.65. The van der Waals surface area contributed by atoms with Gasteiger partial charge in [-0.3, -0.25) is 4.98 Å². The Morgan fingerprint density at radius 3 is 2.55 bits per heavy atom. The molecule has 2 aromatic rings. The molecule has 1 aromatic heterocycles. The molecular weight excluding hydrogens is 251 g/mol. The van der Waals surface area contributed by atoms with Crippen LogP contribution in [0.3, 0.4) is 0 Å². The maximum Gasteiger partial charge on any atom is 0.130 e. The fourth-order valence-corrected chi connectivity index (χ4v) is 2.55. The molecule has 2 nitrogen and oxygen atoms in total. The minimum atomic E-state index is -0.112. The van der Waals surface area contributed by atoms with Crippen LogP contribution in [0.4, 0.5) is 4.39 Å². The smallest absolute Gasteiger partial charge is 0.130 e. The second-order valence-electron chi connectivity index (χ2n) is 5.08. The summed E-state index contributed by atoms with van der Waals surface area (Å²) in [6.45, 7) is 6.76. The van der Waals surface area contributed by atoms with Crippen LogP contribution in [-0.2, 0) is 0 Å². The lowest BCUT2D eigenvalue weighted by atomic mass is 9.88. The highest BCUT2D eigenvalue weighted by atomic mass is 19.1. The van der Waals surface area contributed by atoms with E-state index in [9.17, 15) is 4.39 Å². The molecule has 1 aromatic carbocycles. The Morgan fingerprint density at radius 2 is 1.90 bits per heavy atom. The largest absolute Gasteiger partial charge is 0.310 e. The zero-order valence-corrected chi connectivity index (χ0v) is 12.2. The van der Waals surface area contributed by atoms with Crippen molar-refractivity contribution in [3.8, 4) is 0 Å². The summed E-state index contributed by atoms with van der Waals surface area (Å²) in [5.41, 5.74) is 2.58. The second-order valence-corrected chi connectivity index (χ2v) is 5.08. The lowest BCUT2D eigenvalue weighted by Crippen LogP contribution is -2.27. The van der Waals surface area contributed by atoms with Gasteiger partial charge < -0.3 is 5.32 Å². The summed E-state index contributed by atoms with van der Waals surface area (Å²) in [6.07, 6.45) is 3.56. The van der Waals surface area contributed by atoms with Crippen LogP contribution in [-0.4, -0.2) is 11.5 Å². The van der Waals surface area contributed by atoms with Crippen molar-refractivity contribution in [2.75, 3.05) is 6.54 Å². The maximum atomic E-state index is 14.4. The molecule has 2 rings (SSSR count). The van der Waals surface area contributed by atoms with E-state index >= 15 is 0 Å². The van der Waals surface area contributed by atoms with Gasteiger partial charge in [-0.1, -0.05) is 32.0 Å². The number of hydrogen-bond acceptors (Lipinski definition) is 2. The standard InChI is InChI=1S/C17H21FN2/c1-4-20-17(13(3)14-8-10-19-11-9-14)15-7-5-6-12(2)16(15)18/h5-11,13,17,20H,4H2,1-3H3. The Kier molecular flexibility index (Phi) is 4.85. The van der Waals surface area contributed by atoms with E-state index in [1.165, 1.54) is 0 Å². The van der Waals surface area contributed by atoms with Crippen molar-refractivity contribution < 1.29 is 4.39 Å². The van der Waals surface area contributed by atoms with Gasteiger partial charge in [-0.15, -0.1) is 0 Å². The van der Waals surface area contributed by atoms with E-state index in [1.54, 1.807) is 25.4 Å². The van der Waals surface area contributed by atoms with Crippen LogP contribution in [0.15, 0.2) is 42.7 Å². The van der Waals surface area contributed by atoms with Crippen molar-refractivity contribution in [1.29, 1.82) is 0 Å². The summed E-state index contributed by atoms with van der Waals surface area (Å²) < 4.78 is 14.4. The van der Waals surface area contributed by atoms with Gasteiger partial charge in [0.25, 0.3) is 0 Å². The number of hydrogen-bond donors (Lipinski definition) is 1. The van der Waals surface area contributed by atoms with E-state index < -0.39 is 0 Å². The second kappa shape index (κ2) is 6.62. The van der Waals surface area contributed by atoms with Gasteiger partial charge in [-0.25, -0.2) is 4.39 Å². The van der Waals surface area contributed by atoms with E-state index in [2.05, 4.69) is 17.2 Å². The lowest BCUT2D eigenvalue weighted by molar-refractivity contribution is 0.454. The Labute approximate surface area is 120 Å². The minimum Gasteiger partial charge on any atom is -0.310 e. The fourth-order valence-electron chi connectivity index (χ4n) is 2.55. The predicted molar refractivity (Wildman–Crippen MR) is 80.2 cm³/mol. The van der Waals surface area contributed by atoms with Crippen molar-refractivity contribution in [3.63, 3.8) is 0 Å². The van der Waals surface area contributed by atoms with Crippen LogP contribution in [0.2, 0.25) is 0 Å². The van der Waals surface area contributed by atoms with Gasteiger partial charge in [-0.2, -0.15) is 0 Å². The van der Waals surface area contributed by atoms with Gasteiger partial charge in [0, 0.05) is 29.9 Å². The average Bonchev–Trinajstić information content (AvgIpc) is 2.48. The van der Waals surface area contributed by atoms with Crippen molar-refractivity contribution in [2.45, 2.75) is 32.7 Å². The summed E-state index contributed by atoms with van der Waals surface area (Å²) in [4.78, 5) is 4.04. The highest BCUT2D eigenvalue weighted by Crippen LogP contribution is 2.32. The molecule has 0 bridgehead atoms. The maximum absolute atomic E-state index is 14.4. The van der Waals surface area contributed by atoms with Crippen molar-refractivity contribution in [2.24, 2.45) is 0 Å². The number of likely N-dealkylation sites (N-methyl/N-ethyl adjacent to an activating group) is 1. The summed E-state index contributed by atoms with van der Waals surface area (Å²) in [5.74, 6) is 0.0635. The van der Waals surface area contributed by atoms with E-state index in [-0.39, 0.29) is 17.8 Å². The number of aryl methyl sites for hydroxylation is 1. The van der Waals surface area contributed by atoms with E-state index in [4.69, 9.17) is 0 Å². The van der Waals surface area contributed by atoms with Gasteiger partial charge in [-0.05, 0) is 36.7 Å². The summed E-state index contributed by atoms with van der Waals surface area (Å²) in [5, 5.41) is 3.40. The Bertz CT molecular complexity index is 554. The molecule has 0 radical (unpaired) electrons. The van der Waals surface area contributed by atoms with Crippen LogP contribution in [0.1, 0.15) is 42.5 Å². The van der Waals surface area contributed by atoms with Crippen molar-refractivity contribution >= 4 is 0 Å². The Balaban J connectivity index is 2.38. The average molecular weight is 272 g/mol. The number of pyridine rings is 1. The molecule has 0 amide bonds. The van der Waals surface area contributed by atoms with Gasteiger partial charge in [0.1, 0.15) is 5.82 Å². The number of halogens is 1. The van der Waals surface area contributed by atoms with E-state index in [1.807, 2.05) is 31.2 Å². The number of aromatic nitrogens is 1. The summed E-state index contributed by atoms with van der Waals surface area (Å²) in [7, 11) is 0.